The number of aliphatic hydroxyl groups is 1. The van der Waals surface area contributed by atoms with E-state index in [0.717, 1.165) is 0 Å². The highest BCUT2D eigenvalue weighted by Gasteiger charge is 2.32. The van der Waals surface area contributed by atoms with Crippen LogP contribution >= 0.6 is 0 Å². The number of hydrogen-bond donors (Lipinski definition) is 9. The molecule has 0 saturated heterocycles. The molecule has 35 heavy (non-hydrogen) atoms. The van der Waals surface area contributed by atoms with E-state index in [0.29, 0.717) is 6.42 Å². The van der Waals surface area contributed by atoms with Gasteiger partial charge in [-0.05, 0) is 25.2 Å². The summed E-state index contributed by atoms with van der Waals surface area (Å²) in [6.07, 6.45) is -0.116. The number of aliphatic carboxylic acids is 2. The molecule has 0 aromatic heterocycles. The molecule has 5 unspecified atom stereocenters. The molecule has 5 atom stereocenters. The zero-order chi connectivity index (χ0) is 27.1. The molecule has 15 nitrogen and oxygen atoms in total. The molecule has 0 aromatic rings. The molecule has 0 aromatic carbocycles. The molecule has 0 spiro atoms. The van der Waals surface area contributed by atoms with Crippen molar-refractivity contribution in [2.75, 3.05) is 13.2 Å². The first kappa shape index (κ1) is 31.5. The molecular weight excluding hydrogens is 466 g/mol. The highest BCUT2D eigenvalue weighted by atomic mass is 16.4. The summed E-state index contributed by atoms with van der Waals surface area (Å²) in [6, 6.07) is -5.18. The van der Waals surface area contributed by atoms with Gasteiger partial charge in [0, 0.05) is 13.0 Å². The van der Waals surface area contributed by atoms with Gasteiger partial charge in [-0.25, -0.2) is 4.79 Å². The van der Waals surface area contributed by atoms with E-state index in [1.165, 1.54) is 0 Å². The third-order valence-electron chi connectivity index (χ3n) is 5.17. The zero-order valence-corrected chi connectivity index (χ0v) is 19.9. The quantitative estimate of drug-likeness (QED) is 0.0541. The molecule has 0 aliphatic carbocycles. The molecule has 0 aliphatic rings. The molecule has 0 rings (SSSR count). The lowest BCUT2D eigenvalue weighted by Gasteiger charge is -2.26. The minimum absolute atomic E-state index is 0.0182. The lowest BCUT2D eigenvalue weighted by molar-refractivity contribution is -0.144. The Bertz CT molecular complexity index is 773. The highest BCUT2D eigenvalue weighted by Crippen LogP contribution is 2.10. The van der Waals surface area contributed by atoms with Gasteiger partial charge in [-0.3, -0.25) is 24.2 Å². The number of amides is 3. The first-order valence-electron chi connectivity index (χ1n) is 11.1. The Kier molecular flexibility index (Phi) is 14.6. The lowest BCUT2D eigenvalue weighted by Crippen LogP contribution is -2.58. The standard InChI is InChI=1S/C20H37N7O8/c1-3-10(2)15(19(34)35)27-18(33)13(6-7-14(29)30)26-17(32)12(5-4-8-24-20(22)23)25-16(31)11(21)9-28/h10-13,15,28H,3-9,21H2,1-2H3,(H,25,31)(H,26,32)(H,27,33)(H,29,30)(H,34,35)(H4,22,23,24). The molecule has 0 aliphatic heterocycles. The van der Waals surface area contributed by atoms with E-state index in [-0.39, 0.29) is 31.8 Å². The first-order valence-corrected chi connectivity index (χ1v) is 11.1. The number of nitrogens with one attached hydrogen (secondary N) is 3. The summed E-state index contributed by atoms with van der Waals surface area (Å²) in [6.45, 7) is 2.82. The molecule has 0 saturated carbocycles. The zero-order valence-electron chi connectivity index (χ0n) is 19.9. The van der Waals surface area contributed by atoms with Crippen molar-refractivity contribution in [3.05, 3.63) is 0 Å². The van der Waals surface area contributed by atoms with Crippen molar-refractivity contribution in [2.45, 2.75) is 70.1 Å². The van der Waals surface area contributed by atoms with Gasteiger partial charge in [0.15, 0.2) is 5.96 Å². The van der Waals surface area contributed by atoms with Crippen LogP contribution in [0, 0.1) is 5.92 Å². The second-order valence-corrected chi connectivity index (χ2v) is 8.00. The minimum Gasteiger partial charge on any atom is -0.481 e. The minimum atomic E-state index is -1.40. The van der Waals surface area contributed by atoms with E-state index >= 15 is 0 Å². The maximum atomic E-state index is 12.9. The summed E-state index contributed by atoms with van der Waals surface area (Å²) in [4.78, 5) is 64.2. The largest absolute Gasteiger partial charge is 0.481 e. The molecule has 15 heteroatoms. The topological polar surface area (TPSA) is 273 Å². The predicted octanol–water partition coefficient (Wildman–Crippen LogP) is -3.19. The van der Waals surface area contributed by atoms with E-state index in [1.807, 2.05) is 0 Å². The SMILES string of the molecule is CCC(C)C(NC(=O)C(CCC(=O)O)NC(=O)C(CCCN=C(N)N)NC(=O)C(N)CO)C(=O)O. The Morgan fingerprint density at radius 1 is 0.914 bits per heavy atom. The summed E-state index contributed by atoms with van der Waals surface area (Å²) in [5.74, 6) is -5.67. The maximum absolute atomic E-state index is 12.9. The number of nitrogens with zero attached hydrogens (tertiary/aromatic N) is 1. The van der Waals surface area contributed by atoms with Crippen molar-refractivity contribution in [1.29, 1.82) is 0 Å². The van der Waals surface area contributed by atoms with Gasteiger partial charge >= 0.3 is 11.9 Å². The van der Waals surface area contributed by atoms with Crippen molar-refractivity contribution < 1.29 is 39.3 Å². The number of aliphatic imine (C=N–C) groups is 1. The van der Waals surface area contributed by atoms with Gasteiger partial charge in [0.25, 0.3) is 0 Å². The number of carbonyl (C=O) groups is 5. The van der Waals surface area contributed by atoms with Crippen LogP contribution in [0.3, 0.4) is 0 Å². The molecule has 200 valence electrons. The van der Waals surface area contributed by atoms with Gasteiger partial charge in [0.1, 0.15) is 24.2 Å². The number of carbonyl (C=O) groups excluding carboxylic acids is 3. The number of guanidine groups is 1. The smallest absolute Gasteiger partial charge is 0.326 e. The number of carboxylic acids is 2. The van der Waals surface area contributed by atoms with E-state index in [1.54, 1.807) is 13.8 Å². The van der Waals surface area contributed by atoms with Crippen LogP contribution in [0.1, 0.15) is 46.0 Å². The highest BCUT2D eigenvalue weighted by molar-refractivity contribution is 5.94. The Balaban J connectivity index is 5.65. The van der Waals surface area contributed by atoms with Gasteiger partial charge < -0.3 is 48.5 Å². The second kappa shape index (κ2) is 16.2. The van der Waals surface area contributed by atoms with Crippen molar-refractivity contribution >= 4 is 35.6 Å². The van der Waals surface area contributed by atoms with Crippen LogP contribution in [-0.4, -0.2) is 88.3 Å². The van der Waals surface area contributed by atoms with Crippen LogP contribution in [0.15, 0.2) is 4.99 Å². The van der Waals surface area contributed by atoms with Crippen LogP contribution in [0.2, 0.25) is 0 Å². The lowest BCUT2D eigenvalue weighted by atomic mass is 9.98. The van der Waals surface area contributed by atoms with E-state index in [2.05, 4.69) is 20.9 Å². The number of aliphatic hydroxyl groups excluding tert-OH is 1. The fourth-order valence-corrected chi connectivity index (χ4v) is 2.88. The van der Waals surface area contributed by atoms with Crippen LogP contribution < -0.4 is 33.2 Å². The summed E-state index contributed by atoms with van der Waals surface area (Å²) in [5.41, 5.74) is 16.0. The second-order valence-electron chi connectivity index (χ2n) is 8.00. The van der Waals surface area contributed by atoms with Crippen molar-refractivity contribution in [1.82, 2.24) is 16.0 Å². The third kappa shape index (κ3) is 12.5. The van der Waals surface area contributed by atoms with Crippen molar-refractivity contribution in [2.24, 2.45) is 28.1 Å². The van der Waals surface area contributed by atoms with Crippen LogP contribution in [0.25, 0.3) is 0 Å². The fraction of sp³-hybridized carbons (Fsp3) is 0.700. The predicted molar refractivity (Wildman–Crippen MR) is 125 cm³/mol. The Labute approximate surface area is 202 Å². The van der Waals surface area contributed by atoms with Crippen molar-refractivity contribution in [3.63, 3.8) is 0 Å². The molecule has 0 radical (unpaired) electrons. The Morgan fingerprint density at radius 2 is 1.46 bits per heavy atom. The molecule has 0 heterocycles. The third-order valence-corrected chi connectivity index (χ3v) is 5.17. The number of carboxylic acid groups (broad SMARTS) is 2. The van der Waals surface area contributed by atoms with E-state index < -0.39 is 72.8 Å². The van der Waals surface area contributed by atoms with Crippen LogP contribution in [0.5, 0.6) is 0 Å². The normalized spacial score (nSPS) is 15.0. The van der Waals surface area contributed by atoms with E-state index in [9.17, 15) is 29.1 Å². The average Bonchev–Trinajstić information content (AvgIpc) is 2.79. The maximum Gasteiger partial charge on any atom is 0.326 e. The average molecular weight is 504 g/mol. The number of rotatable bonds is 17. The van der Waals surface area contributed by atoms with Crippen LogP contribution in [-0.2, 0) is 24.0 Å². The van der Waals surface area contributed by atoms with Gasteiger partial charge in [-0.2, -0.15) is 0 Å². The first-order chi connectivity index (χ1) is 16.3. The Hall–Kier alpha value is -3.46. The van der Waals surface area contributed by atoms with Gasteiger partial charge in [0.2, 0.25) is 17.7 Å². The Morgan fingerprint density at radius 3 is 1.94 bits per heavy atom. The number of hydrogen-bond acceptors (Lipinski definition) is 8. The van der Waals surface area contributed by atoms with Crippen molar-refractivity contribution in [3.8, 4) is 0 Å². The summed E-state index contributed by atoms with van der Waals surface area (Å²) >= 11 is 0. The molecular formula is C20H37N7O8. The van der Waals surface area contributed by atoms with Crippen LogP contribution in [0.4, 0.5) is 0 Å². The molecule has 0 bridgehead atoms. The molecule has 12 N–H and O–H groups in total. The van der Waals surface area contributed by atoms with E-state index in [4.69, 9.17) is 27.4 Å². The molecule has 3 amide bonds. The monoisotopic (exact) mass is 503 g/mol. The van der Waals surface area contributed by atoms with Gasteiger partial charge in [-0.1, -0.05) is 20.3 Å². The fourth-order valence-electron chi connectivity index (χ4n) is 2.88. The molecule has 0 fully saturated rings. The summed E-state index contributed by atoms with van der Waals surface area (Å²) in [7, 11) is 0. The van der Waals surface area contributed by atoms with Gasteiger partial charge in [-0.15, -0.1) is 0 Å². The summed E-state index contributed by atoms with van der Waals surface area (Å²) < 4.78 is 0. The van der Waals surface area contributed by atoms with Gasteiger partial charge in [0.05, 0.1) is 6.61 Å². The summed E-state index contributed by atoms with van der Waals surface area (Å²) in [5, 5.41) is 34.6. The number of nitrogens with two attached hydrogens (primary N) is 3.